The van der Waals surface area contributed by atoms with Gasteiger partial charge in [-0.1, -0.05) is 0 Å². The first-order chi connectivity index (χ1) is 8.27. The third kappa shape index (κ3) is 4.51. The molecule has 0 atom stereocenters. The average molecular weight is 233 g/mol. The van der Waals surface area contributed by atoms with Crippen LogP contribution in [-0.2, 0) is 9.53 Å². The smallest absolute Gasteiger partial charge is 0.305 e. The van der Waals surface area contributed by atoms with E-state index in [0.29, 0.717) is 37.4 Å². The molecule has 0 bridgehead atoms. The van der Waals surface area contributed by atoms with E-state index in [-0.39, 0.29) is 5.97 Å². The number of hydrogen-bond donors (Lipinski definition) is 1. The minimum absolute atomic E-state index is 0.198. The minimum atomic E-state index is -0.198. The van der Waals surface area contributed by atoms with Gasteiger partial charge in [0.05, 0.1) is 12.2 Å². The second-order valence-electron chi connectivity index (χ2n) is 3.35. The van der Waals surface area contributed by atoms with E-state index in [2.05, 4.69) is 10.3 Å². The van der Waals surface area contributed by atoms with Gasteiger partial charge in [0.15, 0.2) is 0 Å². The Labute approximate surface area is 100 Å². The summed E-state index contributed by atoms with van der Waals surface area (Å²) in [6, 6.07) is 5.45. The van der Waals surface area contributed by atoms with Crippen molar-refractivity contribution in [1.82, 2.24) is 4.98 Å². The van der Waals surface area contributed by atoms with E-state index >= 15 is 0 Å². The lowest BCUT2D eigenvalue weighted by Gasteiger charge is -2.06. The molecule has 0 fully saturated rings. The lowest BCUT2D eigenvalue weighted by Crippen LogP contribution is -2.09. The van der Waals surface area contributed by atoms with Crippen LogP contribution in [0, 0.1) is 11.3 Å². The van der Waals surface area contributed by atoms with Gasteiger partial charge in [-0.05, 0) is 25.5 Å². The van der Waals surface area contributed by atoms with Crippen LogP contribution in [0.25, 0.3) is 0 Å². The molecule has 0 unspecified atom stereocenters. The van der Waals surface area contributed by atoms with Crippen molar-refractivity contribution in [2.24, 2.45) is 0 Å². The van der Waals surface area contributed by atoms with Gasteiger partial charge >= 0.3 is 5.97 Å². The molecule has 17 heavy (non-hydrogen) atoms. The molecule has 0 aromatic carbocycles. The molecule has 0 saturated heterocycles. The van der Waals surface area contributed by atoms with Gasteiger partial charge in [0.2, 0.25) is 0 Å². The van der Waals surface area contributed by atoms with Crippen LogP contribution in [0.3, 0.4) is 0 Å². The first-order valence-corrected chi connectivity index (χ1v) is 5.52. The van der Waals surface area contributed by atoms with E-state index in [0.717, 1.165) is 0 Å². The molecule has 1 aromatic heterocycles. The van der Waals surface area contributed by atoms with Crippen LogP contribution in [0.2, 0.25) is 0 Å². The SMILES string of the molecule is CCOC(=O)CCCNc1ncccc1C#N. The molecule has 90 valence electrons. The van der Waals surface area contributed by atoms with Gasteiger partial charge in [-0.25, -0.2) is 4.98 Å². The number of anilines is 1. The van der Waals surface area contributed by atoms with Crippen molar-refractivity contribution in [3.63, 3.8) is 0 Å². The summed E-state index contributed by atoms with van der Waals surface area (Å²) in [7, 11) is 0. The normalized spacial score (nSPS) is 9.41. The fraction of sp³-hybridized carbons (Fsp3) is 0.417. The first-order valence-electron chi connectivity index (χ1n) is 5.52. The van der Waals surface area contributed by atoms with E-state index in [1.165, 1.54) is 0 Å². The van der Waals surface area contributed by atoms with Crippen molar-refractivity contribution in [3.8, 4) is 6.07 Å². The molecule has 0 aliphatic heterocycles. The Bertz CT molecular complexity index is 412. The number of carbonyl (C=O) groups is 1. The molecule has 0 aliphatic carbocycles. The predicted molar refractivity (Wildman–Crippen MR) is 63.3 cm³/mol. The van der Waals surface area contributed by atoms with Gasteiger partial charge in [-0.15, -0.1) is 0 Å². The maximum absolute atomic E-state index is 11.1. The topological polar surface area (TPSA) is 75.0 Å². The Kier molecular flexibility index (Phi) is 5.52. The van der Waals surface area contributed by atoms with Crippen molar-refractivity contribution >= 4 is 11.8 Å². The van der Waals surface area contributed by atoms with Crippen molar-refractivity contribution in [2.45, 2.75) is 19.8 Å². The number of pyridine rings is 1. The molecule has 1 heterocycles. The monoisotopic (exact) mass is 233 g/mol. The Hall–Kier alpha value is -2.09. The summed E-state index contributed by atoms with van der Waals surface area (Å²) in [6.07, 6.45) is 2.64. The van der Waals surface area contributed by atoms with Crippen molar-refractivity contribution in [3.05, 3.63) is 23.9 Å². The number of hydrogen-bond acceptors (Lipinski definition) is 5. The molecule has 1 N–H and O–H groups in total. The lowest BCUT2D eigenvalue weighted by atomic mass is 10.2. The number of carbonyl (C=O) groups excluding carboxylic acids is 1. The fourth-order valence-electron chi connectivity index (χ4n) is 1.31. The predicted octanol–water partition coefficient (Wildman–Crippen LogP) is 1.71. The maximum atomic E-state index is 11.1. The highest BCUT2D eigenvalue weighted by Gasteiger charge is 2.03. The summed E-state index contributed by atoms with van der Waals surface area (Å²) in [5, 5.41) is 11.8. The Morgan fingerprint density at radius 3 is 3.18 bits per heavy atom. The summed E-state index contributed by atoms with van der Waals surface area (Å²) in [5.41, 5.74) is 0.503. The zero-order valence-corrected chi connectivity index (χ0v) is 9.77. The number of rotatable bonds is 6. The minimum Gasteiger partial charge on any atom is -0.466 e. The summed E-state index contributed by atoms with van der Waals surface area (Å²) >= 11 is 0. The molecular weight excluding hydrogens is 218 g/mol. The molecule has 0 saturated carbocycles. The third-order valence-corrected chi connectivity index (χ3v) is 2.08. The quantitative estimate of drug-likeness (QED) is 0.598. The lowest BCUT2D eigenvalue weighted by molar-refractivity contribution is -0.143. The van der Waals surface area contributed by atoms with Crippen molar-refractivity contribution < 1.29 is 9.53 Å². The molecule has 0 radical (unpaired) electrons. The number of nitrogens with one attached hydrogen (secondary N) is 1. The summed E-state index contributed by atoms with van der Waals surface area (Å²) < 4.78 is 4.80. The van der Waals surface area contributed by atoms with Gasteiger partial charge in [0.25, 0.3) is 0 Å². The van der Waals surface area contributed by atoms with Crippen LogP contribution >= 0.6 is 0 Å². The van der Waals surface area contributed by atoms with E-state index in [1.807, 2.05) is 6.07 Å². The number of ether oxygens (including phenoxy) is 1. The zero-order valence-electron chi connectivity index (χ0n) is 9.77. The van der Waals surface area contributed by atoms with Crippen LogP contribution in [0.15, 0.2) is 18.3 Å². The highest BCUT2D eigenvalue weighted by atomic mass is 16.5. The Morgan fingerprint density at radius 1 is 1.65 bits per heavy atom. The molecule has 0 aliphatic rings. The van der Waals surface area contributed by atoms with Crippen molar-refractivity contribution in [1.29, 1.82) is 5.26 Å². The standard InChI is InChI=1S/C12H15N3O2/c1-2-17-11(16)6-4-8-15-12-10(9-13)5-3-7-14-12/h3,5,7H,2,4,6,8H2,1H3,(H,14,15). The van der Waals surface area contributed by atoms with Crippen LogP contribution in [-0.4, -0.2) is 24.1 Å². The Balaban J connectivity index is 2.32. The highest BCUT2D eigenvalue weighted by Crippen LogP contribution is 2.09. The fourth-order valence-corrected chi connectivity index (χ4v) is 1.31. The molecule has 1 aromatic rings. The molecule has 0 amide bonds. The van der Waals surface area contributed by atoms with Gasteiger partial charge in [0, 0.05) is 19.2 Å². The highest BCUT2D eigenvalue weighted by molar-refractivity contribution is 5.69. The van der Waals surface area contributed by atoms with Crippen LogP contribution in [0.5, 0.6) is 0 Å². The van der Waals surface area contributed by atoms with Crippen LogP contribution in [0.1, 0.15) is 25.3 Å². The second-order valence-corrected chi connectivity index (χ2v) is 3.35. The van der Waals surface area contributed by atoms with E-state index in [4.69, 9.17) is 10.00 Å². The maximum Gasteiger partial charge on any atom is 0.305 e. The summed E-state index contributed by atoms with van der Waals surface area (Å²) in [6.45, 7) is 2.78. The van der Waals surface area contributed by atoms with Gasteiger partial charge in [0.1, 0.15) is 11.9 Å². The molecular formula is C12H15N3O2. The van der Waals surface area contributed by atoms with Crippen LogP contribution < -0.4 is 5.32 Å². The number of nitriles is 1. The molecule has 1 rings (SSSR count). The second kappa shape index (κ2) is 7.23. The molecule has 5 heteroatoms. The van der Waals surface area contributed by atoms with E-state index < -0.39 is 0 Å². The Morgan fingerprint density at radius 2 is 2.47 bits per heavy atom. The first kappa shape index (κ1) is 13.0. The number of esters is 1. The van der Waals surface area contributed by atoms with Crippen molar-refractivity contribution in [2.75, 3.05) is 18.5 Å². The van der Waals surface area contributed by atoms with Crippen LogP contribution in [0.4, 0.5) is 5.82 Å². The summed E-state index contributed by atoms with van der Waals surface area (Å²) in [4.78, 5) is 15.1. The summed E-state index contributed by atoms with van der Waals surface area (Å²) in [5.74, 6) is 0.356. The molecule has 0 spiro atoms. The number of nitrogens with zero attached hydrogens (tertiary/aromatic N) is 2. The number of aromatic nitrogens is 1. The van der Waals surface area contributed by atoms with Gasteiger partial charge < -0.3 is 10.1 Å². The third-order valence-electron chi connectivity index (χ3n) is 2.08. The van der Waals surface area contributed by atoms with E-state index in [1.54, 1.807) is 25.3 Å². The largest absolute Gasteiger partial charge is 0.466 e. The average Bonchev–Trinajstić information content (AvgIpc) is 2.35. The van der Waals surface area contributed by atoms with Gasteiger partial charge in [-0.3, -0.25) is 4.79 Å². The zero-order chi connectivity index (χ0) is 12.5. The van der Waals surface area contributed by atoms with Gasteiger partial charge in [-0.2, -0.15) is 5.26 Å². The van der Waals surface area contributed by atoms with E-state index in [9.17, 15) is 4.79 Å². The molecule has 5 nitrogen and oxygen atoms in total.